The molecule has 0 aliphatic heterocycles. The SMILES string of the molecule is COc1ccc(C(=O)NCc2ccnn2C)cc1OC1CCCC1. The monoisotopic (exact) mass is 329 g/mol. The Bertz CT molecular complexity index is 705. The third-order valence-electron chi connectivity index (χ3n) is 4.37. The topological polar surface area (TPSA) is 65.4 Å². The first-order chi connectivity index (χ1) is 11.7. The van der Waals surface area contributed by atoms with Gasteiger partial charge >= 0.3 is 0 Å². The van der Waals surface area contributed by atoms with Crippen molar-refractivity contribution in [3.8, 4) is 11.5 Å². The van der Waals surface area contributed by atoms with Gasteiger partial charge in [0.15, 0.2) is 11.5 Å². The zero-order valence-corrected chi connectivity index (χ0v) is 14.1. The first kappa shape index (κ1) is 16.4. The predicted molar refractivity (Wildman–Crippen MR) is 90.3 cm³/mol. The normalized spacial score (nSPS) is 14.6. The van der Waals surface area contributed by atoms with Crippen LogP contribution in [0.15, 0.2) is 30.5 Å². The molecule has 6 heteroatoms. The van der Waals surface area contributed by atoms with Crippen LogP contribution < -0.4 is 14.8 Å². The Hall–Kier alpha value is -2.50. The summed E-state index contributed by atoms with van der Waals surface area (Å²) in [6, 6.07) is 7.17. The zero-order valence-electron chi connectivity index (χ0n) is 14.1. The van der Waals surface area contributed by atoms with Crippen molar-refractivity contribution < 1.29 is 14.3 Å². The van der Waals surface area contributed by atoms with Gasteiger partial charge in [-0.2, -0.15) is 5.10 Å². The third-order valence-corrected chi connectivity index (χ3v) is 4.37. The summed E-state index contributed by atoms with van der Waals surface area (Å²) < 4.78 is 13.1. The van der Waals surface area contributed by atoms with Gasteiger partial charge in [-0.3, -0.25) is 9.48 Å². The van der Waals surface area contributed by atoms with Crippen LogP contribution in [0.25, 0.3) is 0 Å². The number of carbonyl (C=O) groups is 1. The second kappa shape index (κ2) is 7.38. The van der Waals surface area contributed by atoms with Crippen molar-refractivity contribution in [1.82, 2.24) is 15.1 Å². The molecule has 0 unspecified atom stereocenters. The molecule has 0 radical (unpaired) electrons. The summed E-state index contributed by atoms with van der Waals surface area (Å²) in [5, 5.41) is 6.99. The Morgan fingerprint density at radius 3 is 2.75 bits per heavy atom. The summed E-state index contributed by atoms with van der Waals surface area (Å²) in [5.41, 5.74) is 1.50. The molecule has 1 aliphatic rings. The van der Waals surface area contributed by atoms with Crippen LogP contribution in [0.1, 0.15) is 41.7 Å². The number of hydrogen-bond acceptors (Lipinski definition) is 4. The number of aryl methyl sites for hydroxylation is 1. The molecule has 1 heterocycles. The smallest absolute Gasteiger partial charge is 0.251 e. The molecule has 2 aromatic rings. The van der Waals surface area contributed by atoms with E-state index in [-0.39, 0.29) is 12.0 Å². The minimum absolute atomic E-state index is 0.143. The molecule has 1 saturated carbocycles. The minimum atomic E-state index is -0.143. The molecule has 6 nitrogen and oxygen atoms in total. The van der Waals surface area contributed by atoms with Crippen molar-refractivity contribution in [1.29, 1.82) is 0 Å². The minimum Gasteiger partial charge on any atom is -0.493 e. The van der Waals surface area contributed by atoms with E-state index in [1.807, 2.05) is 13.1 Å². The Balaban J connectivity index is 1.70. The van der Waals surface area contributed by atoms with E-state index in [0.29, 0.717) is 23.6 Å². The highest BCUT2D eigenvalue weighted by molar-refractivity contribution is 5.94. The van der Waals surface area contributed by atoms with E-state index in [9.17, 15) is 4.79 Å². The second-order valence-corrected chi connectivity index (χ2v) is 6.02. The summed E-state index contributed by atoms with van der Waals surface area (Å²) >= 11 is 0. The lowest BCUT2D eigenvalue weighted by Crippen LogP contribution is -2.24. The lowest BCUT2D eigenvalue weighted by Gasteiger charge is -2.16. The Kier molecular flexibility index (Phi) is 5.03. The second-order valence-electron chi connectivity index (χ2n) is 6.02. The lowest BCUT2D eigenvalue weighted by molar-refractivity contribution is 0.0949. The van der Waals surface area contributed by atoms with E-state index >= 15 is 0 Å². The summed E-state index contributed by atoms with van der Waals surface area (Å²) in [6.07, 6.45) is 6.42. The van der Waals surface area contributed by atoms with Crippen LogP contribution in [0.5, 0.6) is 11.5 Å². The van der Waals surface area contributed by atoms with Crippen LogP contribution in [0, 0.1) is 0 Å². The van der Waals surface area contributed by atoms with Crippen molar-refractivity contribution in [2.75, 3.05) is 7.11 Å². The van der Waals surface area contributed by atoms with Crippen molar-refractivity contribution in [3.05, 3.63) is 41.7 Å². The molecule has 1 N–H and O–H groups in total. The van der Waals surface area contributed by atoms with Crippen LogP contribution in [-0.2, 0) is 13.6 Å². The summed E-state index contributed by atoms with van der Waals surface area (Å²) in [4.78, 5) is 12.4. The fourth-order valence-electron chi connectivity index (χ4n) is 2.94. The van der Waals surface area contributed by atoms with Gasteiger partial charge in [-0.1, -0.05) is 0 Å². The van der Waals surface area contributed by atoms with Crippen LogP contribution in [0.3, 0.4) is 0 Å². The summed E-state index contributed by atoms with van der Waals surface area (Å²) in [6.45, 7) is 0.431. The Morgan fingerprint density at radius 2 is 2.08 bits per heavy atom. The van der Waals surface area contributed by atoms with Crippen LogP contribution in [-0.4, -0.2) is 28.9 Å². The van der Waals surface area contributed by atoms with Gasteiger partial charge in [0.25, 0.3) is 5.91 Å². The molecule has 0 spiro atoms. The van der Waals surface area contributed by atoms with E-state index in [2.05, 4.69) is 10.4 Å². The first-order valence-electron chi connectivity index (χ1n) is 8.27. The standard InChI is InChI=1S/C18H23N3O3/c1-21-14(9-10-20-21)12-19-18(22)13-7-8-16(23-2)17(11-13)24-15-5-3-4-6-15/h7-11,15H,3-6,12H2,1-2H3,(H,19,22). The van der Waals surface area contributed by atoms with Crippen molar-refractivity contribution in [2.45, 2.75) is 38.3 Å². The molecular formula is C18H23N3O3. The Morgan fingerprint density at radius 1 is 1.29 bits per heavy atom. The molecule has 1 aromatic heterocycles. The number of amides is 1. The van der Waals surface area contributed by atoms with Gasteiger partial charge in [0.05, 0.1) is 25.5 Å². The van der Waals surface area contributed by atoms with E-state index in [4.69, 9.17) is 9.47 Å². The highest BCUT2D eigenvalue weighted by Crippen LogP contribution is 2.32. The highest BCUT2D eigenvalue weighted by Gasteiger charge is 2.19. The number of benzene rings is 1. The fraction of sp³-hybridized carbons (Fsp3) is 0.444. The van der Waals surface area contributed by atoms with Gasteiger partial charge in [-0.05, 0) is 49.9 Å². The number of nitrogens with one attached hydrogen (secondary N) is 1. The van der Waals surface area contributed by atoms with E-state index < -0.39 is 0 Å². The molecular weight excluding hydrogens is 306 g/mol. The molecule has 0 atom stereocenters. The average molecular weight is 329 g/mol. The molecule has 1 aromatic carbocycles. The first-order valence-corrected chi connectivity index (χ1v) is 8.27. The van der Waals surface area contributed by atoms with Crippen LogP contribution >= 0.6 is 0 Å². The number of hydrogen-bond donors (Lipinski definition) is 1. The van der Waals surface area contributed by atoms with Crippen molar-refractivity contribution in [3.63, 3.8) is 0 Å². The zero-order chi connectivity index (χ0) is 16.9. The summed E-state index contributed by atoms with van der Waals surface area (Å²) in [7, 11) is 3.46. The Labute approximate surface area is 141 Å². The molecule has 24 heavy (non-hydrogen) atoms. The largest absolute Gasteiger partial charge is 0.493 e. The number of aromatic nitrogens is 2. The molecule has 3 rings (SSSR count). The van der Waals surface area contributed by atoms with Gasteiger partial charge in [-0.25, -0.2) is 0 Å². The number of rotatable bonds is 6. The molecule has 1 amide bonds. The molecule has 128 valence electrons. The number of carbonyl (C=O) groups excluding carboxylic acids is 1. The number of nitrogens with zero attached hydrogens (tertiary/aromatic N) is 2. The maximum absolute atomic E-state index is 12.4. The molecule has 1 fully saturated rings. The van der Waals surface area contributed by atoms with Crippen LogP contribution in [0.2, 0.25) is 0 Å². The molecule has 1 aliphatic carbocycles. The highest BCUT2D eigenvalue weighted by atomic mass is 16.5. The number of methoxy groups -OCH3 is 1. The van der Waals surface area contributed by atoms with Gasteiger partial charge in [0.2, 0.25) is 0 Å². The maximum atomic E-state index is 12.4. The lowest BCUT2D eigenvalue weighted by atomic mass is 10.1. The van der Waals surface area contributed by atoms with E-state index in [0.717, 1.165) is 18.5 Å². The van der Waals surface area contributed by atoms with Crippen molar-refractivity contribution >= 4 is 5.91 Å². The van der Waals surface area contributed by atoms with Crippen LogP contribution in [0.4, 0.5) is 0 Å². The van der Waals surface area contributed by atoms with E-state index in [1.54, 1.807) is 36.2 Å². The third kappa shape index (κ3) is 3.69. The quantitative estimate of drug-likeness (QED) is 0.885. The molecule has 0 saturated heterocycles. The van der Waals surface area contributed by atoms with Gasteiger partial charge in [0, 0.05) is 18.8 Å². The maximum Gasteiger partial charge on any atom is 0.251 e. The van der Waals surface area contributed by atoms with E-state index in [1.165, 1.54) is 12.8 Å². The van der Waals surface area contributed by atoms with Gasteiger partial charge in [-0.15, -0.1) is 0 Å². The summed E-state index contributed by atoms with van der Waals surface area (Å²) in [5.74, 6) is 1.15. The van der Waals surface area contributed by atoms with Crippen molar-refractivity contribution in [2.24, 2.45) is 7.05 Å². The van der Waals surface area contributed by atoms with Gasteiger partial charge in [0.1, 0.15) is 0 Å². The number of ether oxygens (including phenoxy) is 2. The predicted octanol–water partition coefficient (Wildman–Crippen LogP) is 2.68. The fourth-order valence-corrected chi connectivity index (χ4v) is 2.94. The van der Waals surface area contributed by atoms with Gasteiger partial charge < -0.3 is 14.8 Å². The molecule has 0 bridgehead atoms. The average Bonchev–Trinajstić information content (AvgIpc) is 3.24.